The van der Waals surface area contributed by atoms with Gasteiger partial charge in [0.25, 0.3) is 0 Å². The van der Waals surface area contributed by atoms with Crippen molar-refractivity contribution in [2.75, 3.05) is 31.2 Å². The number of amides is 2. The third-order valence-electron chi connectivity index (χ3n) is 4.43. The first-order valence-corrected chi connectivity index (χ1v) is 10.6. The van der Waals surface area contributed by atoms with E-state index in [1.807, 2.05) is 31.2 Å². The van der Waals surface area contributed by atoms with Gasteiger partial charge in [-0.15, -0.1) is 0 Å². The van der Waals surface area contributed by atoms with E-state index in [1.165, 1.54) is 0 Å². The molecule has 0 saturated carbocycles. The standard InChI is InChI=1S/C18H28N2O4S/c1-4-20(15-9-12-25(22,23)13-15)18(21)19-10-11-24-17-8-6-5-7-16(17)14(2)3/h5-8,14-15H,4,9-13H2,1-3H3,(H,19,21). The molecule has 1 fully saturated rings. The van der Waals surface area contributed by atoms with Crippen LogP contribution in [0.15, 0.2) is 24.3 Å². The summed E-state index contributed by atoms with van der Waals surface area (Å²) < 4.78 is 29.0. The van der Waals surface area contributed by atoms with Crippen molar-refractivity contribution in [3.63, 3.8) is 0 Å². The molecule has 0 spiro atoms. The molecule has 140 valence electrons. The summed E-state index contributed by atoms with van der Waals surface area (Å²) in [4.78, 5) is 13.9. The fourth-order valence-electron chi connectivity index (χ4n) is 3.10. The van der Waals surface area contributed by atoms with E-state index >= 15 is 0 Å². The summed E-state index contributed by atoms with van der Waals surface area (Å²) in [6.45, 7) is 7.32. The average molecular weight is 368 g/mol. The molecule has 2 rings (SSSR count). The van der Waals surface area contributed by atoms with Gasteiger partial charge in [0.1, 0.15) is 12.4 Å². The number of carbonyl (C=O) groups excluding carboxylic acids is 1. The Morgan fingerprint density at radius 3 is 2.68 bits per heavy atom. The zero-order valence-corrected chi connectivity index (χ0v) is 16.0. The van der Waals surface area contributed by atoms with Crippen LogP contribution in [0.5, 0.6) is 5.75 Å². The number of rotatable bonds is 7. The third-order valence-corrected chi connectivity index (χ3v) is 6.18. The predicted octanol–water partition coefficient (Wildman–Crippen LogP) is 2.41. The summed E-state index contributed by atoms with van der Waals surface area (Å²) in [5.41, 5.74) is 1.14. The Labute approximate surface area is 150 Å². The first-order chi connectivity index (χ1) is 11.8. The third kappa shape index (κ3) is 5.36. The normalized spacial score (nSPS) is 19.0. The van der Waals surface area contributed by atoms with Crippen molar-refractivity contribution in [2.45, 2.75) is 39.2 Å². The van der Waals surface area contributed by atoms with Crippen molar-refractivity contribution in [1.82, 2.24) is 10.2 Å². The number of carbonyl (C=O) groups is 1. The fraction of sp³-hybridized carbons (Fsp3) is 0.611. The van der Waals surface area contributed by atoms with Gasteiger partial charge in [0.15, 0.2) is 9.84 Å². The lowest BCUT2D eigenvalue weighted by Gasteiger charge is -2.27. The highest BCUT2D eigenvalue weighted by Crippen LogP contribution is 2.25. The van der Waals surface area contributed by atoms with Crippen molar-refractivity contribution >= 4 is 15.9 Å². The second-order valence-electron chi connectivity index (χ2n) is 6.62. The minimum absolute atomic E-state index is 0.0620. The minimum Gasteiger partial charge on any atom is -0.491 e. The van der Waals surface area contributed by atoms with Crippen LogP contribution in [0.2, 0.25) is 0 Å². The highest BCUT2D eigenvalue weighted by molar-refractivity contribution is 7.91. The Kier molecular flexibility index (Phi) is 6.70. The predicted molar refractivity (Wildman–Crippen MR) is 98.9 cm³/mol. The zero-order valence-electron chi connectivity index (χ0n) is 15.2. The molecule has 6 nitrogen and oxygen atoms in total. The summed E-state index contributed by atoms with van der Waals surface area (Å²) in [7, 11) is -3.00. The van der Waals surface area contributed by atoms with Gasteiger partial charge in [0.2, 0.25) is 0 Å². The number of hydrogen-bond donors (Lipinski definition) is 1. The van der Waals surface area contributed by atoms with Gasteiger partial charge in [-0.3, -0.25) is 0 Å². The Hall–Kier alpha value is -1.76. The van der Waals surface area contributed by atoms with Gasteiger partial charge in [0.05, 0.1) is 18.1 Å². The first-order valence-electron chi connectivity index (χ1n) is 8.80. The lowest BCUT2D eigenvalue weighted by molar-refractivity contribution is 0.181. The highest BCUT2D eigenvalue weighted by atomic mass is 32.2. The van der Waals surface area contributed by atoms with Crippen LogP contribution in [0.4, 0.5) is 4.79 Å². The van der Waals surface area contributed by atoms with Gasteiger partial charge >= 0.3 is 6.03 Å². The van der Waals surface area contributed by atoms with Gasteiger partial charge in [-0.05, 0) is 30.9 Å². The quantitative estimate of drug-likeness (QED) is 0.750. The molecule has 1 aliphatic heterocycles. The molecule has 1 unspecified atom stereocenters. The van der Waals surface area contributed by atoms with E-state index in [9.17, 15) is 13.2 Å². The number of benzene rings is 1. The van der Waals surface area contributed by atoms with Crippen LogP contribution in [0.1, 0.15) is 38.7 Å². The molecule has 0 radical (unpaired) electrons. The maximum atomic E-state index is 12.3. The van der Waals surface area contributed by atoms with Crippen LogP contribution in [0.3, 0.4) is 0 Å². The van der Waals surface area contributed by atoms with Gasteiger partial charge in [0, 0.05) is 12.6 Å². The van der Waals surface area contributed by atoms with E-state index < -0.39 is 9.84 Å². The van der Waals surface area contributed by atoms with Gasteiger partial charge in [-0.25, -0.2) is 13.2 Å². The molecule has 1 atom stereocenters. The van der Waals surface area contributed by atoms with Crippen molar-refractivity contribution in [3.8, 4) is 5.75 Å². The molecule has 0 aromatic heterocycles. The summed E-state index contributed by atoms with van der Waals surface area (Å²) in [6.07, 6.45) is 0.516. The van der Waals surface area contributed by atoms with Crippen LogP contribution >= 0.6 is 0 Å². The molecule has 0 aliphatic carbocycles. The van der Waals surface area contributed by atoms with Crippen molar-refractivity contribution < 1.29 is 17.9 Å². The number of sulfone groups is 1. The Morgan fingerprint density at radius 2 is 2.08 bits per heavy atom. The highest BCUT2D eigenvalue weighted by Gasteiger charge is 2.33. The smallest absolute Gasteiger partial charge is 0.317 e. The largest absolute Gasteiger partial charge is 0.491 e. The Balaban J connectivity index is 1.82. The number of hydrogen-bond acceptors (Lipinski definition) is 4. The first kappa shape index (κ1) is 19.6. The summed E-state index contributed by atoms with van der Waals surface area (Å²) in [6, 6.07) is 7.43. The van der Waals surface area contributed by atoms with E-state index in [0.717, 1.165) is 11.3 Å². The van der Waals surface area contributed by atoms with Crippen LogP contribution in [-0.2, 0) is 9.84 Å². The van der Waals surface area contributed by atoms with Crippen LogP contribution in [0.25, 0.3) is 0 Å². The number of nitrogens with one attached hydrogen (secondary N) is 1. The van der Waals surface area contributed by atoms with Crippen LogP contribution < -0.4 is 10.1 Å². The fourth-order valence-corrected chi connectivity index (χ4v) is 4.83. The molecule has 1 N–H and O–H groups in total. The second kappa shape index (κ2) is 8.56. The zero-order chi connectivity index (χ0) is 18.4. The molecule has 1 aliphatic rings. The van der Waals surface area contributed by atoms with E-state index in [1.54, 1.807) is 4.90 Å². The van der Waals surface area contributed by atoms with Gasteiger partial charge < -0.3 is 15.0 Å². The molecule has 1 aromatic rings. The monoisotopic (exact) mass is 368 g/mol. The summed E-state index contributed by atoms with van der Waals surface area (Å²) in [5.74, 6) is 1.43. The maximum Gasteiger partial charge on any atom is 0.317 e. The van der Waals surface area contributed by atoms with Crippen molar-refractivity contribution in [2.24, 2.45) is 0 Å². The number of para-hydroxylation sites is 1. The van der Waals surface area contributed by atoms with E-state index in [-0.39, 0.29) is 23.6 Å². The lowest BCUT2D eigenvalue weighted by Crippen LogP contribution is -2.47. The molecule has 1 aromatic carbocycles. The molecule has 25 heavy (non-hydrogen) atoms. The van der Waals surface area contributed by atoms with Crippen LogP contribution in [0, 0.1) is 0 Å². The van der Waals surface area contributed by atoms with E-state index in [4.69, 9.17) is 4.74 Å². The molecule has 2 amide bonds. The van der Waals surface area contributed by atoms with E-state index in [0.29, 0.717) is 32.0 Å². The maximum absolute atomic E-state index is 12.3. The topological polar surface area (TPSA) is 75.7 Å². The minimum atomic E-state index is -3.00. The summed E-state index contributed by atoms with van der Waals surface area (Å²) in [5, 5.41) is 2.82. The van der Waals surface area contributed by atoms with Gasteiger partial charge in [-0.1, -0.05) is 32.0 Å². The lowest BCUT2D eigenvalue weighted by atomic mass is 10.0. The average Bonchev–Trinajstić information content (AvgIpc) is 2.92. The van der Waals surface area contributed by atoms with Crippen molar-refractivity contribution in [1.29, 1.82) is 0 Å². The Bertz CT molecular complexity index is 688. The molecule has 0 bridgehead atoms. The second-order valence-corrected chi connectivity index (χ2v) is 8.84. The molecular weight excluding hydrogens is 340 g/mol. The number of ether oxygens (including phenoxy) is 1. The number of nitrogens with zero attached hydrogens (tertiary/aromatic N) is 1. The molecular formula is C18H28N2O4S. The van der Waals surface area contributed by atoms with Crippen molar-refractivity contribution in [3.05, 3.63) is 29.8 Å². The molecule has 1 saturated heterocycles. The Morgan fingerprint density at radius 1 is 1.36 bits per heavy atom. The van der Waals surface area contributed by atoms with Crippen LogP contribution in [-0.4, -0.2) is 56.6 Å². The number of urea groups is 1. The summed E-state index contributed by atoms with van der Waals surface area (Å²) >= 11 is 0. The van der Waals surface area contributed by atoms with Gasteiger partial charge in [-0.2, -0.15) is 0 Å². The van der Waals surface area contributed by atoms with E-state index in [2.05, 4.69) is 19.2 Å². The molecule has 7 heteroatoms. The SMILES string of the molecule is CCN(C(=O)NCCOc1ccccc1C(C)C)C1CCS(=O)(=O)C1. The molecule has 1 heterocycles.